The summed E-state index contributed by atoms with van der Waals surface area (Å²) in [5.41, 5.74) is 5.72. The van der Waals surface area contributed by atoms with Crippen LogP contribution in [0.4, 0.5) is 5.69 Å². The Hall–Kier alpha value is -3.49. The number of amides is 1. The van der Waals surface area contributed by atoms with E-state index in [0.717, 1.165) is 27.6 Å². The molecule has 2 N–H and O–H groups in total. The van der Waals surface area contributed by atoms with Crippen molar-refractivity contribution in [2.45, 2.75) is 24.8 Å². The molecule has 1 amide bonds. The first-order chi connectivity index (χ1) is 16.1. The van der Waals surface area contributed by atoms with Crippen molar-refractivity contribution in [3.63, 3.8) is 0 Å². The fraction of sp³-hybridized carbons (Fsp3) is 0.231. The number of hydrogen-bond acceptors (Lipinski definition) is 5. The van der Waals surface area contributed by atoms with Crippen LogP contribution < -0.4 is 5.32 Å². The Morgan fingerprint density at radius 1 is 1.06 bits per heavy atom. The molecule has 4 aromatic rings. The van der Waals surface area contributed by atoms with E-state index in [1.165, 1.54) is 6.26 Å². The molecule has 0 aliphatic carbocycles. The van der Waals surface area contributed by atoms with Crippen molar-refractivity contribution in [3.8, 4) is 11.3 Å². The summed E-state index contributed by atoms with van der Waals surface area (Å²) < 4.78 is 24.6. The molecule has 0 saturated heterocycles. The van der Waals surface area contributed by atoms with Gasteiger partial charge in [-0.15, -0.1) is 0 Å². The topological polar surface area (TPSA) is 95.2 Å². The molecule has 34 heavy (non-hydrogen) atoms. The number of aromatic amines is 1. The van der Waals surface area contributed by atoms with Crippen LogP contribution in [-0.4, -0.2) is 49.8 Å². The molecule has 0 aliphatic heterocycles. The van der Waals surface area contributed by atoms with Gasteiger partial charge in [-0.05, 0) is 74.1 Å². The van der Waals surface area contributed by atoms with Crippen molar-refractivity contribution in [2.75, 3.05) is 25.7 Å². The summed E-state index contributed by atoms with van der Waals surface area (Å²) >= 11 is 0. The number of benzene rings is 3. The van der Waals surface area contributed by atoms with E-state index >= 15 is 0 Å². The highest BCUT2D eigenvalue weighted by Gasteiger charge is 2.16. The smallest absolute Gasteiger partial charge is 0.228 e. The first-order valence-electron chi connectivity index (χ1n) is 10.9. The average molecular weight is 477 g/mol. The van der Waals surface area contributed by atoms with Crippen molar-refractivity contribution in [1.29, 1.82) is 0 Å². The molecule has 0 unspecified atom stereocenters. The van der Waals surface area contributed by atoms with E-state index in [1.54, 1.807) is 12.1 Å². The highest BCUT2D eigenvalue weighted by atomic mass is 32.2. The van der Waals surface area contributed by atoms with E-state index < -0.39 is 9.84 Å². The molecule has 0 aliphatic rings. The van der Waals surface area contributed by atoms with E-state index in [9.17, 15) is 13.2 Å². The van der Waals surface area contributed by atoms with E-state index in [4.69, 9.17) is 0 Å². The minimum Gasteiger partial charge on any atom is -0.326 e. The third-order valence-electron chi connectivity index (χ3n) is 5.63. The number of nitrogens with zero attached hydrogens (tertiary/aromatic N) is 2. The largest absolute Gasteiger partial charge is 0.326 e. The zero-order valence-corrected chi connectivity index (χ0v) is 20.5. The predicted octanol–water partition coefficient (Wildman–Crippen LogP) is 4.18. The van der Waals surface area contributed by atoms with Gasteiger partial charge in [-0.3, -0.25) is 9.89 Å². The van der Waals surface area contributed by atoms with Gasteiger partial charge in [0, 0.05) is 29.4 Å². The number of rotatable bonds is 7. The second kappa shape index (κ2) is 9.40. The number of carbonyl (C=O) groups is 1. The lowest BCUT2D eigenvalue weighted by atomic mass is 10.0. The lowest BCUT2D eigenvalue weighted by Gasteiger charge is -2.13. The summed E-state index contributed by atoms with van der Waals surface area (Å²) in [6, 6.07) is 18.7. The van der Waals surface area contributed by atoms with Crippen molar-refractivity contribution < 1.29 is 13.2 Å². The van der Waals surface area contributed by atoms with Crippen LogP contribution in [0.1, 0.15) is 16.7 Å². The molecule has 1 aromatic heterocycles. The molecule has 0 atom stereocenters. The number of nitrogens with one attached hydrogen (secondary N) is 2. The molecule has 0 saturated carbocycles. The predicted molar refractivity (Wildman–Crippen MR) is 136 cm³/mol. The number of hydrogen-bond donors (Lipinski definition) is 2. The van der Waals surface area contributed by atoms with Gasteiger partial charge in [-0.2, -0.15) is 5.10 Å². The van der Waals surface area contributed by atoms with Crippen LogP contribution in [0, 0.1) is 6.92 Å². The van der Waals surface area contributed by atoms with Crippen molar-refractivity contribution in [2.24, 2.45) is 0 Å². The second-order valence-corrected chi connectivity index (χ2v) is 10.9. The third kappa shape index (κ3) is 5.35. The van der Waals surface area contributed by atoms with E-state index in [1.807, 2.05) is 74.4 Å². The molecule has 0 spiro atoms. The summed E-state index contributed by atoms with van der Waals surface area (Å²) in [5.74, 6) is -0.106. The highest BCUT2D eigenvalue weighted by molar-refractivity contribution is 7.90. The Morgan fingerprint density at radius 3 is 2.53 bits per heavy atom. The molecule has 0 radical (unpaired) electrons. The van der Waals surface area contributed by atoms with Gasteiger partial charge in [0.15, 0.2) is 9.84 Å². The van der Waals surface area contributed by atoms with Crippen molar-refractivity contribution in [1.82, 2.24) is 15.1 Å². The quantitative estimate of drug-likeness (QED) is 0.417. The Balaban J connectivity index is 1.69. The molecular weight excluding hydrogens is 448 g/mol. The normalized spacial score (nSPS) is 11.8. The monoisotopic (exact) mass is 476 g/mol. The SMILES string of the molecule is Cc1ccccc1CC(=O)Nc1ccc2[nH]nc(-c3cc(CN(C)C)cc(S(C)(=O)=O)c3)c2c1. The van der Waals surface area contributed by atoms with Gasteiger partial charge in [0.05, 0.1) is 16.8 Å². The average Bonchev–Trinajstić information content (AvgIpc) is 3.17. The van der Waals surface area contributed by atoms with Crippen LogP contribution in [0.2, 0.25) is 0 Å². The van der Waals surface area contributed by atoms with Crippen LogP contribution in [0.3, 0.4) is 0 Å². The molecule has 176 valence electrons. The first kappa shape index (κ1) is 23.7. The van der Waals surface area contributed by atoms with E-state index in [-0.39, 0.29) is 17.2 Å². The van der Waals surface area contributed by atoms with Gasteiger partial charge in [-0.25, -0.2) is 8.42 Å². The minimum absolute atomic E-state index is 0.106. The van der Waals surface area contributed by atoms with Crippen LogP contribution in [0.25, 0.3) is 22.2 Å². The van der Waals surface area contributed by atoms with E-state index in [2.05, 4.69) is 15.5 Å². The summed E-state index contributed by atoms with van der Waals surface area (Å²) in [6.45, 7) is 2.58. The molecule has 4 rings (SSSR count). The summed E-state index contributed by atoms with van der Waals surface area (Å²) in [5, 5.41) is 11.2. The third-order valence-corrected chi connectivity index (χ3v) is 6.72. The number of carbonyl (C=O) groups excluding carboxylic acids is 1. The molecule has 1 heterocycles. The maximum Gasteiger partial charge on any atom is 0.228 e. The summed E-state index contributed by atoms with van der Waals surface area (Å²) in [7, 11) is 0.467. The lowest BCUT2D eigenvalue weighted by molar-refractivity contribution is -0.115. The van der Waals surface area contributed by atoms with Gasteiger partial charge < -0.3 is 10.2 Å². The standard InChI is InChI=1S/C26H28N4O3S/c1-17-7-5-6-8-19(17)14-25(31)27-21-9-10-24-23(15-21)26(29-28-24)20-11-18(16-30(2)3)12-22(13-20)34(4,32)33/h5-13,15H,14,16H2,1-4H3,(H,27,31)(H,28,29). The van der Waals surface area contributed by atoms with Gasteiger partial charge in [-0.1, -0.05) is 24.3 Å². The van der Waals surface area contributed by atoms with Crippen molar-refractivity contribution in [3.05, 3.63) is 77.4 Å². The number of aryl methyl sites for hydroxylation is 1. The zero-order valence-electron chi connectivity index (χ0n) is 19.7. The molecule has 7 nitrogen and oxygen atoms in total. The second-order valence-electron chi connectivity index (χ2n) is 8.86. The van der Waals surface area contributed by atoms with Crippen LogP contribution in [-0.2, 0) is 27.6 Å². The van der Waals surface area contributed by atoms with Crippen molar-refractivity contribution >= 4 is 32.3 Å². The highest BCUT2D eigenvalue weighted by Crippen LogP contribution is 2.31. The molecule has 3 aromatic carbocycles. The number of anilines is 1. The van der Waals surface area contributed by atoms with Gasteiger partial charge in [0.2, 0.25) is 5.91 Å². The molecule has 0 bridgehead atoms. The van der Waals surface area contributed by atoms with Gasteiger partial charge >= 0.3 is 0 Å². The van der Waals surface area contributed by atoms with Crippen LogP contribution >= 0.6 is 0 Å². The number of aromatic nitrogens is 2. The van der Waals surface area contributed by atoms with Gasteiger partial charge in [0.1, 0.15) is 5.69 Å². The molecular formula is C26H28N4O3S. The van der Waals surface area contributed by atoms with Gasteiger partial charge in [0.25, 0.3) is 0 Å². The first-order valence-corrected chi connectivity index (χ1v) is 12.8. The number of sulfone groups is 1. The Kier molecular flexibility index (Phi) is 6.54. The summed E-state index contributed by atoms with van der Waals surface area (Å²) in [4.78, 5) is 14.9. The fourth-order valence-electron chi connectivity index (χ4n) is 3.97. The van der Waals surface area contributed by atoms with E-state index in [0.29, 0.717) is 23.5 Å². The van der Waals surface area contributed by atoms with Crippen LogP contribution in [0.5, 0.6) is 0 Å². The van der Waals surface area contributed by atoms with Crippen LogP contribution in [0.15, 0.2) is 65.6 Å². The summed E-state index contributed by atoms with van der Waals surface area (Å²) in [6.07, 6.45) is 1.49. The maximum atomic E-state index is 12.7. The zero-order chi connectivity index (χ0) is 24.5. The number of H-pyrrole nitrogens is 1. The maximum absolute atomic E-state index is 12.7. The lowest BCUT2D eigenvalue weighted by Crippen LogP contribution is -2.14. The Bertz CT molecular complexity index is 1470. The Morgan fingerprint density at radius 2 is 1.82 bits per heavy atom. The minimum atomic E-state index is -3.40. The fourth-order valence-corrected chi connectivity index (χ4v) is 4.67. The molecule has 0 fully saturated rings. The number of fused-ring (bicyclic) bond motifs is 1. The Labute approximate surface area is 199 Å². The molecule has 8 heteroatoms.